The lowest BCUT2D eigenvalue weighted by Gasteiger charge is -2.14. The minimum atomic E-state index is -0.128. The predicted molar refractivity (Wildman–Crippen MR) is 134 cm³/mol. The number of hydrogen-bond donors (Lipinski definition) is 0. The topological polar surface area (TPSA) is 52.8 Å². The van der Waals surface area contributed by atoms with Crippen molar-refractivity contribution in [2.75, 3.05) is 7.11 Å². The van der Waals surface area contributed by atoms with Gasteiger partial charge in [0.1, 0.15) is 6.61 Å². The van der Waals surface area contributed by atoms with Crippen molar-refractivity contribution in [3.05, 3.63) is 95.7 Å². The fraction of sp³-hybridized carbons (Fsp3) is 0.0833. The summed E-state index contributed by atoms with van der Waals surface area (Å²) in [7, 11) is 1.53. The molecule has 0 fully saturated rings. The zero-order valence-electron chi connectivity index (χ0n) is 17.1. The van der Waals surface area contributed by atoms with Crippen molar-refractivity contribution in [1.29, 1.82) is 0 Å². The van der Waals surface area contributed by atoms with Crippen molar-refractivity contribution in [3.63, 3.8) is 0 Å². The average molecular weight is 518 g/mol. The lowest BCUT2D eigenvalue weighted by atomic mass is 10.2. The fourth-order valence-electron chi connectivity index (χ4n) is 3.52. The fourth-order valence-corrected chi connectivity index (χ4v) is 5.24. The van der Waals surface area contributed by atoms with Gasteiger partial charge in [-0.1, -0.05) is 64.3 Å². The summed E-state index contributed by atoms with van der Waals surface area (Å²) in [6, 6.07) is 16.2. The van der Waals surface area contributed by atoms with Gasteiger partial charge in [-0.2, -0.15) is 0 Å². The number of methoxy groups -OCH3 is 1. The summed E-state index contributed by atoms with van der Waals surface area (Å²) in [4.78, 5) is 18.2. The first-order valence-electron chi connectivity index (χ1n) is 9.80. The number of nitrogens with zero attached hydrogens (tertiary/aromatic N) is 2. The Hall–Kier alpha value is -2.77. The third-order valence-corrected chi connectivity index (χ3v) is 6.92. The molecule has 33 heavy (non-hydrogen) atoms. The Balaban J connectivity index is 1.51. The van der Waals surface area contributed by atoms with Crippen LogP contribution in [0.25, 0.3) is 22.1 Å². The number of benzene rings is 3. The maximum absolute atomic E-state index is 13.0. The molecular formula is C24H15Cl3N2O3S. The van der Waals surface area contributed by atoms with Gasteiger partial charge in [-0.25, -0.2) is 9.38 Å². The van der Waals surface area contributed by atoms with E-state index in [1.807, 2.05) is 24.3 Å². The van der Waals surface area contributed by atoms with Gasteiger partial charge in [0.2, 0.25) is 0 Å². The van der Waals surface area contributed by atoms with Gasteiger partial charge in [-0.15, -0.1) is 0 Å². The molecular weight excluding hydrogens is 503 g/mol. The molecule has 5 rings (SSSR count). The van der Waals surface area contributed by atoms with Crippen LogP contribution in [0.15, 0.2) is 59.4 Å². The second-order valence-electron chi connectivity index (χ2n) is 7.19. The van der Waals surface area contributed by atoms with E-state index in [-0.39, 0.29) is 12.2 Å². The number of thiazole rings is 1. The zero-order valence-corrected chi connectivity index (χ0v) is 20.2. The Morgan fingerprint density at radius 2 is 1.88 bits per heavy atom. The van der Waals surface area contributed by atoms with Gasteiger partial charge in [-0.05, 0) is 48.0 Å². The molecule has 0 N–H and O–H groups in total. The molecule has 0 saturated heterocycles. The SMILES string of the molecule is COc1cc(/C=c2\sc3nc4ccccc4n3c2=O)cc(Cl)c1OCc1ccc(Cl)cc1Cl. The number of rotatable bonds is 5. The van der Waals surface area contributed by atoms with Crippen molar-refractivity contribution < 1.29 is 9.47 Å². The van der Waals surface area contributed by atoms with Gasteiger partial charge in [0.25, 0.3) is 5.56 Å². The molecule has 0 atom stereocenters. The minimum Gasteiger partial charge on any atom is -0.493 e. The standard InChI is InChI=1S/C24H15Cl3N2O3S/c1-31-20-9-13(8-17(27)22(20)32-12-14-6-7-15(25)11-16(14)26)10-21-23(30)29-19-5-3-2-4-18(19)28-24(29)33-21/h2-11H,12H2,1H3/b21-10-. The third kappa shape index (κ3) is 4.15. The molecule has 5 nitrogen and oxygen atoms in total. The molecule has 9 heteroatoms. The van der Waals surface area contributed by atoms with E-state index in [0.29, 0.717) is 41.6 Å². The van der Waals surface area contributed by atoms with Gasteiger partial charge < -0.3 is 9.47 Å². The Labute approximate surface area is 207 Å². The molecule has 0 bridgehead atoms. The number of hydrogen-bond acceptors (Lipinski definition) is 5. The van der Waals surface area contributed by atoms with Crippen molar-refractivity contribution in [3.8, 4) is 11.5 Å². The molecule has 0 spiro atoms. The normalized spacial score (nSPS) is 12.1. The van der Waals surface area contributed by atoms with Crippen LogP contribution in [-0.4, -0.2) is 16.5 Å². The predicted octanol–water partition coefficient (Wildman–Crippen LogP) is 6.00. The van der Waals surface area contributed by atoms with E-state index in [0.717, 1.165) is 16.6 Å². The van der Waals surface area contributed by atoms with Crippen molar-refractivity contribution in [1.82, 2.24) is 9.38 Å². The van der Waals surface area contributed by atoms with E-state index in [9.17, 15) is 4.79 Å². The van der Waals surface area contributed by atoms with Gasteiger partial charge in [0, 0.05) is 15.6 Å². The first-order chi connectivity index (χ1) is 15.9. The molecule has 2 heterocycles. The number of ether oxygens (including phenoxy) is 2. The molecule has 166 valence electrons. The van der Waals surface area contributed by atoms with Crippen LogP contribution in [0, 0.1) is 0 Å². The number of imidazole rings is 1. The monoisotopic (exact) mass is 516 g/mol. The quantitative estimate of drug-likeness (QED) is 0.287. The summed E-state index contributed by atoms with van der Waals surface area (Å²) in [5.41, 5.74) is 2.92. The molecule has 2 aromatic heterocycles. The largest absolute Gasteiger partial charge is 0.493 e. The molecule has 0 unspecified atom stereocenters. The summed E-state index contributed by atoms with van der Waals surface area (Å²) >= 11 is 20.0. The van der Waals surface area contributed by atoms with Crippen molar-refractivity contribution in [2.24, 2.45) is 0 Å². The second kappa shape index (κ2) is 8.88. The molecule has 0 saturated carbocycles. The first-order valence-corrected chi connectivity index (χ1v) is 11.8. The number of aromatic nitrogens is 2. The van der Waals surface area contributed by atoms with Crippen molar-refractivity contribution in [2.45, 2.75) is 6.61 Å². The Bertz CT molecular complexity index is 1630. The van der Waals surface area contributed by atoms with Crippen LogP contribution < -0.4 is 19.6 Å². The van der Waals surface area contributed by atoms with Gasteiger partial charge in [-0.3, -0.25) is 4.79 Å². The van der Waals surface area contributed by atoms with Crippen LogP contribution in [0.3, 0.4) is 0 Å². The van der Waals surface area contributed by atoms with Crippen molar-refractivity contribution >= 4 is 68.2 Å². The summed E-state index contributed by atoms with van der Waals surface area (Å²) in [6.07, 6.45) is 1.77. The highest BCUT2D eigenvalue weighted by Crippen LogP contribution is 2.37. The molecule has 0 radical (unpaired) electrons. The smallest absolute Gasteiger partial charge is 0.274 e. The van der Waals surface area contributed by atoms with Crippen LogP contribution in [0.4, 0.5) is 0 Å². The van der Waals surface area contributed by atoms with E-state index in [4.69, 9.17) is 44.3 Å². The summed E-state index contributed by atoms with van der Waals surface area (Å²) in [5, 5.41) is 1.40. The Morgan fingerprint density at radius 3 is 2.67 bits per heavy atom. The Kier molecular flexibility index (Phi) is 5.93. The summed E-state index contributed by atoms with van der Waals surface area (Å²) < 4.78 is 13.6. The highest BCUT2D eigenvalue weighted by Gasteiger charge is 2.14. The summed E-state index contributed by atoms with van der Waals surface area (Å²) in [6.45, 7) is 0.190. The third-order valence-electron chi connectivity index (χ3n) is 5.08. The highest BCUT2D eigenvalue weighted by atomic mass is 35.5. The minimum absolute atomic E-state index is 0.128. The van der Waals surface area contributed by atoms with Crippen LogP contribution in [0.2, 0.25) is 15.1 Å². The van der Waals surface area contributed by atoms with Gasteiger partial charge >= 0.3 is 0 Å². The maximum Gasteiger partial charge on any atom is 0.274 e. The van der Waals surface area contributed by atoms with Gasteiger partial charge in [0.05, 0.1) is 27.7 Å². The molecule has 3 aromatic carbocycles. The van der Waals surface area contributed by atoms with Crippen LogP contribution in [-0.2, 0) is 6.61 Å². The second-order valence-corrected chi connectivity index (χ2v) is 9.45. The van der Waals surface area contributed by atoms with E-state index in [1.165, 1.54) is 18.4 Å². The summed E-state index contributed by atoms with van der Waals surface area (Å²) in [5.74, 6) is 0.828. The molecule has 0 amide bonds. The number of halogens is 3. The van der Waals surface area contributed by atoms with E-state index in [1.54, 1.807) is 40.8 Å². The zero-order chi connectivity index (χ0) is 23.1. The number of para-hydroxylation sites is 2. The first kappa shape index (κ1) is 22.0. The number of fused-ring (bicyclic) bond motifs is 3. The van der Waals surface area contributed by atoms with Crippen LogP contribution in [0.1, 0.15) is 11.1 Å². The molecule has 0 aliphatic rings. The average Bonchev–Trinajstić information content (AvgIpc) is 3.30. The lowest BCUT2D eigenvalue weighted by Crippen LogP contribution is -2.22. The Morgan fingerprint density at radius 1 is 1.06 bits per heavy atom. The van der Waals surface area contributed by atoms with E-state index >= 15 is 0 Å². The molecule has 0 aliphatic heterocycles. The van der Waals surface area contributed by atoms with Crippen LogP contribution >= 0.6 is 46.1 Å². The maximum atomic E-state index is 13.0. The molecule has 5 aromatic rings. The van der Waals surface area contributed by atoms with Gasteiger partial charge in [0.15, 0.2) is 16.5 Å². The molecule has 0 aliphatic carbocycles. The van der Waals surface area contributed by atoms with E-state index < -0.39 is 0 Å². The van der Waals surface area contributed by atoms with Crippen LogP contribution in [0.5, 0.6) is 11.5 Å². The lowest BCUT2D eigenvalue weighted by molar-refractivity contribution is 0.285. The highest BCUT2D eigenvalue weighted by molar-refractivity contribution is 7.15. The van der Waals surface area contributed by atoms with E-state index in [2.05, 4.69) is 4.98 Å².